The van der Waals surface area contributed by atoms with Crippen molar-refractivity contribution in [3.05, 3.63) is 24.3 Å². The van der Waals surface area contributed by atoms with Gasteiger partial charge in [-0.2, -0.15) is 0 Å². The highest BCUT2D eigenvalue weighted by atomic mass is 32.2. The fourth-order valence-electron chi connectivity index (χ4n) is 2.75. The number of anilines is 2. The number of hydrogen-bond acceptors (Lipinski definition) is 3. The predicted molar refractivity (Wildman–Crippen MR) is 84.6 cm³/mol. The van der Waals surface area contributed by atoms with E-state index in [0.717, 1.165) is 11.6 Å². The Morgan fingerprint density at radius 3 is 2.60 bits per heavy atom. The van der Waals surface area contributed by atoms with E-state index in [1.165, 1.54) is 38.4 Å². The zero-order chi connectivity index (χ0) is 14.6. The Morgan fingerprint density at radius 1 is 1.10 bits per heavy atom. The van der Waals surface area contributed by atoms with Crippen molar-refractivity contribution in [2.75, 3.05) is 16.3 Å². The van der Waals surface area contributed by atoms with Gasteiger partial charge in [-0.3, -0.25) is 4.72 Å². The molecular weight excluding hydrogens is 272 g/mol. The lowest BCUT2D eigenvalue weighted by atomic mass is 10.0. The Morgan fingerprint density at radius 2 is 1.85 bits per heavy atom. The third-order valence-electron chi connectivity index (χ3n) is 3.79. The fourth-order valence-corrected chi connectivity index (χ4v) is 3.31. The van der Waals surface area contributed by atoms with E-state index in [2.05, 4.69) is 17.0 Å². The highest BCUT2D eigenvalue weighted by Crippen LogP contribution is 2.26. The third-order valence-corrected chi connectivity index (χ3v) is 4.40. The Hall–Kier alpha value is -1.23. The molecule has 5 heteroatoms. The summed E-state index contributed by atoms with van der Waals surface area (Å²) in [5.74, 6) is 0.819. The summed E-state index contributed by atoms with van der Waals surface area (Å²) in [5.41, 5.74) is 1.60. The van der Waals surface area contributed by atoms with Crippen LogP contribution in [0, 0.1) is 5.92 Å². The number of rotatable bonds is 4. The molecule has 0 bridgehead atoms. The molecule has 0 heterocycles. The lowest BCUT2D eigenvalue weighted by Crippen LogP contribution is -2.18. The molecule has 1 aliphatic rings. The SMILES string of the molecule is CC1CCCC(Nc2cccc(NS(C)(=O)=O)c2)CC1. The number of hydrogen-bond donors (Lipinski definition) is 2. The van der Waals surface area contributed by atoms with Crippen molar-refractivity contribution < 1.29 is 8.42 Å². The van der Waals surface area contributed by atoms with Gasteiger partial charge < -0.3 is 5.32 Å². The molecule has 2 N–H and O–H groups in total. The minimum Gasteiger partial charge on any atom is -0.382 e. The molecule has 20 heavy (non-hydrogen) atoms. The van der Waals surface area contributed by atoms with Gasteiger partial charge in [0.05, 0.1) is 11.9 Å². The highest BCUT2D eigenvalue weighted by Gasteiger charge is 2.16. The monoisotopic (exact) mass is 296 g/mol. The Balaban J connectivity index is 2.00. The number of sulfonamides is 1. The standard InChI is InChI=1S/C15H24N2O2S/c1-12-5-3-6-13(10-9-12)16-14-7-4-8-15(11-14)17-20(2,18)19/h4,7-8,11-13,16-17H,3,5-6,9-10H2,1-2H3. The summed E-state index contributed by atoms with van der Waals surface area (Å²) in [7, 11) is -3.22. The van der Waals surface area contributed by atoms with E-state index in [0.29, 0.717) is 11.7 Å². The van der Waals surface area contributed by atoms with Crippen molar-refractivity contribution in [3.8, 4) is 0 Å². The Bertz CT molecular complexity index is 543. The molecule has 1 saturated carbocycles. The largest absolute Gasteiger partial charge is 0.382 e. The highest BCUT2D eigenvalue weighted by molar-refractivity contribution is 7.92. The zero-order valence-electron chi connectivity index (χ0n) is 12.2. The first-order valence-corrected chi connectivity index (χ1v) is 9.16. The van der Waals surface area contributed by atoms with Crippen molar-refractivity contribution in [1.82, 2.24) is 0 Å². The van der Waals surface area contributed by atoms with Crippen LogP contribution in [-0.2, 0) is 10.0 Å². The molecule has 2 unspecified atom stereocenters. The van der Waals surface area contributed by atoms with Gasteiger partial charge in [-0.25, -0.2) is 8.42 Å². The Labute approximate surface area is 122 Å². The molecule has 2 atom stereocenters. The maximum atomic E-state index is 11.3. The normalized spacial score (nSPS) is 23.9. The molecule has 1 aliphatic carbocycles. The van der Waals surface area contributed by atoms with Gasteiger partial charge >= 0.3 is 0 Å². The summed E-state index contributed by atoms with van der Waals surface area (Å²) in [6.45, 7) is 2.32. The number of nitrogens with one attached hydrogen (secondary N) is 2. The van der Waals surface area contributed by atoms with Crippen LogP contribution in [0.4, 0.5) is 11.4 Å². The molecular formula is C15H24N2O2S. The van der Waals surface area contributed by atoms with Crippen LogP contribution in [0.3, 0.4) is 0 Å². The Kier molecular flexibility index (Phi) is 4.91. The predicted octanol–water partition coefficient (Wildman–Crippen LogP) is 3.44. The summed E-state index contributed by atoms with van der Waals surface area (Å²) < 4.78 is 25.0. The van der Waals surface area contributed by atoms with E-state index in [9.17, 15) is 8.42 Å². The van der Waals surface area contributed by atoms with Gasteiger partial charge in [0.1, 0.15) is 0 Å². The molecule has 1 aromatic rings. The minimum atomic E-state index is -3.22. The molecule has 1 aromatic carbocycles. The van der Waals surface area contributed by atoms with Gasteiger partial charge in [-0.1, -0.05) is 25.8 Å². The van der Waals surface area contributed by atoms with E-state index < -0.39 is 10.0 Å². The first-order chi connectivity index (χ1) is 9.42. The van der Waals surface area contributed by atoms with Crippen LogP contribution in [0.15, 0.2) is 24.3 Å². The van der Waals surface area contributed by atoms with E-state index in [-0.39, 0.29) is 0 Å². The second kappa shape index (κ2) is 6.48. The molecule has 112 valence electrons. The lowest BCUT2D eigenvalue weighted by Gasteiger charge is -2.18. The van der Waals surface area contributed by atoms with Crippen molar-refractivity contribution >= 4 is 21.4 Å². The second-order valence-corrected chi connectivity index (χ2v) is 7.66. The van der Waals surface area contributed by atoms with Crippen molar-refractivity contribution in [1.29, 1.82) is 0 Å². The molecule has 0 aliphatic heterocycles. The molecule has 1 fully saturated rings. The summed E-state index contributed by atoms with van der Waals surface area (Å²) >= 11 is 0. The van der Waals surface area contributed by atoms with E-state index in [4.69, 9.17) is 0 Å². The van der Waals surface area contributed by atoms with Gasteiger partial charge in [-0.05, 0) is 43.4 Å². The minimum absolute atomic E-state index is 0.494. The zero-order valence-corrected chi connectivity index (χ0v) is 13.0. The smallest absolute Gasteiger partial charge is 0.229 e. The van der Waals surface area contributed by atoms with Crippen molar-refractivity contribution in [3.63, 3.8) is 0 Å². The number of benzene rings is 1. The summed E-state index contributed by atoms with van der Waals surface area (Å²) in [6.07, 6.45) is 7.38. The quantitative estimate of drug-likeness (QED) is 0.837. The topological polar surface area (TPSA) is 58.2 Å². The van der Waals surface area contributed by atoms with Gasteiger partial charge in [0.25, 0.3) is 0 Å². The second-order valence-electron chi connectivity index (χ2n) is 5.91. The summed E-state index contributed by atoms with van der Waals surface area (Å²) in [4.78, 5) is 0. The van der Waals surface area contributed by atoms with Crippen LogP contribution in [-0.4, -0.2) is 20.7 Å². The van der Waals surface area contributed by atoms with E-state index >= 15 is 0 Å². The maximum Gasteiger partial charge on any atom is 0.229 e. The molecule has 2 rings (SSSR count). The first kappa shape index (κ1) is 15.2. The van der Waals surface area contributed by atoms with E-state index in [1.54, 1.807) is 6.07 Å². The van der Waals surface area contributed by atoms with E-state index in [1.807, 2.05) is 18.2 Å². The molecule has 0 saturated heterocycles. The molecule has 4 nitrogen and oxygen atoms in total. The lowest BCUT2D eigenvalue weighted by molar-refractivity contribution is 0.502. The summed E-state index contributed by atoms with van der Waals surface area (Å²) in [5, 5.41) is 3.53. The van der Waals surface area contributed by atoms with Gasteiger partial charge in [0.15, 0.2) is 0 Å². The molecule has 0 spiro atoms. The van der Waals surface area contributed by atoms with Gasteiger partial charge in [-0.15, -0.1) is 0 Å². The summed E-state index contributed by atoms with van der Waals surface area (Å²) in [6, 6.07) is 7.97. The third kappa shape index (κ3) is 5.04. The van der Waals surface area contributed by atoms with Crippen LogP contribution < -0.4 is 10.0 Å². The van der Waals surface area contributed by atoms with Crippen LogP contribution in [0.5, 0.6) is 0 Å². The van der Waals surface area contributed by atoms with Gasteiger partial charge in [0.2, 0.25) is 10.0 Å². The van der Waals surface area contributed by atoms with Crippen LogP contribution in [0.25, 0.3) is 0 Å². The molecule has 0 amide bonds. The fraction of sp³-hybridized carbons (Fsp3) is 0.600. The first-order valence-electron chi connectivity index (χ1n) is 7.27. The van der Waals surface area contributed by atoms with Crippen LogP contribution in [0.2, 0.25) is 0 Å². The molecule has 0 radical (unpaired) electrons. The average molecular weight is 296 g/mol. The molecule has 0 aromatic heterocycles. The van der Waals surface area contributed by atoms with Crippen LogP contribution in [0.1, 0.15) is 39.0 Å². The van der Waals surface area contributed by atoms with Crippen LogP contribution >= 0.6 is 0 Å². The van der Waals surface area contributed by atoms with Gasteiger partial charge in [0, 0.05) is 11.7 Å². The average Bonchev–Trinajstić information content (AvgIpc) is 2.53. The van der Waals surface area contributed by atoms with Crippen molar-refractivity contribution in [2.45, 2.75) is 45.1 Å². The maximum absolute atomic E-state index is 11.3. The van der Waals surface area contributed by atoms with Crippen molar-refractivity contribution in [2.24, 2.45) is 5.92 Å².